The van der Waals surface area contributed by atoms with Gasteiger partial charge in [-0.15, -0.1) is 0 Å². The Balaban J connectivity index is 2.64. The minimum absolute atomic E-state index is 0.167. The molecule has 0 saturated carbocycles. The van der Waals surface area contributed by atoms with Gasteiger partial charge in [-0.25, -0.2) is 0 Å². The average Bonchev–Trinajstić information content (AvgIpc) is 2.36. The number of ether oxygens (including phenoxy) is 2. The third-order valence-electron chi connectivity index (χ3n) is 2.80. The zero-order valence-corrected chi connectivity index (χ0v) is 11.2. The highest BCUT2D eigenvalue weighted by molar-refractivity contribution is 5.84. The molecule has 1 rings (SSSR count). The number of nitrogens with two attached hydrogens (primary N) is 1. The molecule has 0 radical (unpaired) electrons. The Labute approximate surface area is 107 Å². The predicted molar refractivity (Wildman–Crippen MR) is 70.3 cm³/mol. The normalized spacial score (nSPS) is 11.1. The lowest BCUT2D eigenvalue weighted by molar-refractivity contribution is -0.139. The second-order valence-corrected chi connectivity index (χ2v) is 4.47. The van der Waals surface area contributed by atoms with Crippen molar-refractivity contribution in [3.63, 3.8) is 0 Å². The van der Waals surface area contributed by atoms with E-state index in [0.29, 0.717) is 18.0 Å². The van der Waals surface area contributed by atoms with E-state index in [4.69, 9.17) is 15.2 Å². The van der Waals surface area contributed by atoms with E-state index in [9.17, 15) is 4.79 Å². The van der Waals surface area contributed by atoms with Crippen LogP contribution in [0.3, 0.4) is 0 Å². The summed E-state index contributed by atoms with van der Waals surface area (Å²) in [6.45, 7) is 3.83. The van der Waals surface area contributed by atoms with Crippen molar-refractivity contribution in [1.82, 2.24) is 5.32 Å². The van der Waals surface area contributed by atoms with Gasteiger partial charge < -0.3 is 20.5 Å². The molecule has 3 N–H and O–H groups in total. The highest BCUT2D eigenvalue weighted by Gasteiger charge is 2.26. The Morgan fingerprint density at radius 3 is 2.56 bits per heavy atom. The number of methoxy groups -OCH3 is 2. The SMILES string of the molecule is COc1ccc(CNC(=O)C(C)(C)OC)cc1N. The summed E-state index contributed by atoms with van der Waals surface area (Å²) in [4.78, 5) is 11.8. The molecular formula is C13H20N2O3. The van der Waals surface area contributed by atoms with Gasteiger partial charge in [0.1, 0.15) is 11.4 Å². The van der Waals surface area contributed by atoms with E-state index in [-0.39, 0.29) is 5.91 Å². The van der Waals surface area contributed by atoms with E-state index in [2.05, 4.69) is 5.32 Å². The quantitative estimate of drug-likeness (QED) is 0.775. The molecular weight excluding hydrogens is 232 g/mol. The van der Waals surface area contributed by atoms with E-state index < -0.39 is 5.60 Å². The highest BCUT2D eigenvalue weighted by Crippen LogP contribution is 2.21. The summed E-state index contributed by atoms with van der Waals surface area (Å²) >= 11 is 0. The first-order valence-corrected chi connectivity index (χ1v) is 5.66. The van der Waals surface area contributed by atoms with Crippen molar-refractivity contribution in [2.45, 2.75) is 26.0 Å². The fraction of sp³-hybridized carbons (Fsp3) is 0.462. The summed E-state index contributed by atoms with van der Waals surface area (Å²) in [5.41, 5.74) is 6.41. The lowest BCUT2D eigenvalue weighted by Gasteiger charge is -2.21. The van der Waals surface area contributed by atoms with Gasteiger partial charge in [0.05, 0.1) is 12.8 Å². The molecule has 5 nitrogen and oxygen atoms in total. The molecule has 0 aliphatic heterocycles. The number of amides is 1. The maximum Gasteiger partial charge on any atom is 0.251 e. The largest absolute Gasteiger partial charge is 0.495 e. The van der Waals surface area contributed by atoms with E-state index in [1.54, 1.807) is 33.1 Å². The summed E-state index contributed by atoms with van der Waals surface area (Å²) in [6.07, 6.45) is 0. The lowest BCUT2D eigenvalue weighted by atomic mass is 10.1. The summed E-state index contributed by atoms with van der Waals surface area (Å²) in [5.74, 6) is 0.460. The van der Waals surface area contributed by atoms with Gasteiger partial charge in [-0.3, -0.25) is 4.79 Å². The van der Waals surface area contributed by atoms with E-state index in [1.807, 2.05) is 6.07 Å². The molecule has 5 heteroatoms. The molecule has 0 aliphatic rings. The third kappa shape index (κ3) is 3.37. The second-order valence-electron chi connectivity index (χ2n) is 4.47. The first-order chi connectivity index (χ1) is 8.40. The Morgan fingerprint density at radius 1 is 1.39 bits per heavy atom. The monoisotopic (exact) mass is 252 g/mol. The van der Waals surface area contributed by atoms with Gasteiger partial charge >= 0.3 is 0 Å². The Kier molecular flexibility index (Phi) is 4.55. The Morgan fingerprint density at radius 2 is 2.06 bits per heavy atom. The number of hydrogen-bond donors (Lipinski definition) is 2. The number of carbonyl (C=O) groups is 1. The van der Waals surface area contributed by atoms with E-state index in [0.717, 1.165) is 5.56 Å². The summed E-state index contributed by atoms with van der Waals surface area (Å²) < 4.78 is 10.2. The van der Waals surface area contributed by atoms with E-state index >= 15 is 0 Å². The van der Waals surface area contributed by atoms with Crippen LogP contribution in [0.5, 0.6) is 5.75 Å². The molecule has 1 amide bonds. The standard InChI is InChI=1S/C13H20N2O3/c1-13(2,18-4)12(16)15-8-9-5-6-11(17-3)10(14)7-9/h5-7H,8,14H2,1-4H3,(H,15,16). The number of anilines is 1. The molecule has 1 aromatic carbocycles. The topological polar surface area (TPSA) is 73.6 Å². The van der Waals surface area contributed by atoms with Crippen LogP contribution in [0.4, 0.5) is 5.69 Å². The highest BCUT2D eigenvalue weighted by atomic mass is 16.5. The van der Waals surface area contributed by atoms with Crippen LogP contribution in [0.1, 0.15) is 19.4 Å². The molecule has 100 valence electrons. The van der Waals surface area contributed by atoms with Crippen LogP contribution in [-0.4, -0.2) is 25.7 Å². The molecule has 0 aliphatic carbocycles. The van der Waals surface area contributed by atoms with Gasteiger partial charge in [-0.05, 0) is 31.5 Å². The molecule has 1 aromatic rings. The molecule has 0 spiro atoms. The second kappa shape index (κ2) is 5.73. The summed E-state index contributed by atoms with van der Waals surface area (Å²) in [7, 11) is 3.07. The van der Waals surface area contributed by atoms with Crippen LogP contribution in [0, 0.1) is 0 Å². The minimum Gasteiger partial charge on any atom is -0.495 e. The van der Waals surface area contributed by atoms with Gasteiger partial charge in [0.15, 0.2) is 0 Å². The van der Waals surface area contributed by atoms with Crippen molar-refractivity contribution in [1.29, 1.82) is 0 Å². The predicted octanol–water partition coefficient (Wildman–Crippen LogP) is 1.32. The number of rotatable bonds is 5. The van der Waals surface area contributed by atoms with Gasteiger partial charge in [-0.2, -0.15) is 0 Å². The van der Waals surface area contributed by atoms with Crippen LogP contribution < -0.4 is 15.8 Å². The smallest absolute Gasteiger partial charge is 0.251 e. The maximum atomic E-state index is 11.8. The van der Waals surface area contributed by atoms with Crippen LogP contribution >= 0.6 is 0 Å². The minimum atomic E-state index is -0.835. The van der Waals surface area contributed by atoms with Crippen LogP contribution in [0.25, 0.3) is 0 Å². The number of benzene rings is 1. The van der Waals surface area contributed by atoms with Gasteiger partial charge in [0.2, 0.25) is 0 Å². The van der Waals surface area contributed by atoms with Crippen molar-refractivity contribution < 1.29 is 14.3 Å². The first kappa shape index (κ1) is 14.3. The first-order valence-electron chi connectivity index (χ1n) is 5.66. The molecule has 0 bridgehead atoms. The zero-order chi connectivity index (χ0) is 13.8. The van der Waals surface area contributed by atoms with E-state index in [1.165, 1.54) is 7.11 Å². The van der Waals surface area contributed by atoms with Crippen LogP contribution in [-0.2, 0) is 16.1 Å². The average molecular weight is 252 g/mol. The van der Waals surface area contributed by atoms with Crippen molar-refractivity contribution >= 4 is 11.6 Å². The van der Waals surface area contributed by atoms with Crippen molar-refractivity contribution in [3.8, 4) is 5.75 Å². The van der Waals surface area contributed by atoms with Crippen LogP contribution in [0.15, 0.2) is 18.2 Å². The fourth-order valence-corrected chi connectivity index (χ4v) is 1.38. The molecule has 0 heterocycles. The number of carbonyl (C=O) groups excluding carboxylic acids is 1. The molecule has 0 unspecified atom stereocenters. The van der Waals surface area contributed by atoms with Crippen molar-refractivity contribution in [2.75, 3.05) is 20.0 Å². The molecule has 0 atom stereocenters. The lowest BCUT2D eigenvalue weighted by Crippen LogP contribution is -2.43. The summed E-state index contributed by atoms with van der Waals surface area (Å²) in [5, 5.41) is 2.79. The van der Waals surface area contributed by atoms with Crippen molar-refractivity contribution in [2.24, 2.45) is 0 Å². The maximum absolute atomic E-state index is 11.8. The fourth-order valence-electron chi connectivity index (χ4n) is 1.38. The molecule has 0 aromatic heterocycles. The third-order valence-corrected chi connectivity index (χ3v) is 2.80. The van der Waals surface area contributed by atoms with Crippen molar-refractivity contribution in [3.05, 3.63) is 23.8 Å². The number of nitrogen functional groups attached to an aromatic ring is 1. The number of hydrogen-bond acceptors (Lipinski definition) is 4. The van der Waals surface area contributed by atoms with Crippen LogP contribution in [0.2, 0.25) is 0 Å². The summed E-state index contributed by atoms with van der Waals surface area (Å²) in [6, 6.07) is 5.41. The Hall–Kier alpha value is -1.75. The Bertz CT molecular complexity index is 430. The zero-order valence-electron chi connectivity index (χ0n) is 11.2. The van der Waals surface area contributed by atoms with Gasteiger partial charge in [0, 0.05) is 13.7 Å². The molecule has 18 heavy (non-hydrogen) atoms. The van der Waals surface area contributed by atoms with Gasteiger partial charge in [0.25, 0.3) is 5.91 Å². The number of nitrogens with one attached hydrogen (secondary N) is 1. The molecule has 0 fully saturated rings. The van der Waals surface area contributed by atoms with Gasteiger partial charge in [-0.1, -0.05) is 6.07 Å². The molecule has 0 saturated heterocycles.